The Bertz CT molecular complexity index is 162. The van der Waals surface area contributed by atoms with E-state index in [1.807, 2.05) is 11.8 Å². The molecule has 0 amide bonds. The molecule has 0 bridgehead atoms. The Balaban J connectivity index is 3.50. The van der Waals surface area contributed by atoms with Crippen LogP contribution in [0.15, 0.2) is 0 Å². The van der Waals surface area contributed by atoms with Crippen molar-refractivity contribution in [3.05, 3.63) is 0 Å². The Morgan fingerprint density at radius 2 is 2.21 bits per heavy atom. The third kappa shape index (κ3) is 7.59. The first-order valence-electron chi connectivity index (χ1n) is 5.05. The van der Waals surface area contributed by atoms with E-state index < -0.39 is 0 Å². The van der Waals surface area contributed by atoms with Gasteiger partial charge in [-0.3, -0.25) is 0 Å². The molecule has 14 heavy (non-hydrogen) atoms. The van der Waals surface area contributed by atoms with Crippen LogP contribution in [0.5, 0.6) is 0 Å². The van der Waals surface area contributed by atoms with Gasteiger partial charge in [0, 0.05) is 6.04 Å². The minimum absolute atomic E-state index is 0.634. The molecule has 2 nitrogen and oxygen atoms in total. The van der Waals surface area contributed by atoms with Gasteiger partial charge in [-0.2, -0.15) is 11.8 Å². The Labute approximate surface area is 97.6 Å². The van der Waals surface area contributed by atoms with E-state index in [0.29, 0.717) is 11.0 Å². The summed E-state index contributed by atoms with van der Waals surface area (Å²) in [5, 5.41) is 0. The van der Waals surface area contributed by atoms with Gasteiger partial charge in [-0.1, -0.05) is 12.2 Å². The van der Waals surface area contributed by atoms with Gasteiger partial charge in [-0.05, 0) is 51.8 Å². The fourth-order valence-electron chi connectivity index (χ4n) is 1.23. The maximum Gasteiger partial charge on any atom is 0.0727 e. The average molecular weight is 234 g/mol. The highest BCUT2D eigenvalue weighted by Gasteiger charge is 2.07. The number of nitrogens with two attached hydrogens (primary N) is 1. The SMILES string of the molecule is CSCCC(C)N(C)CCCC(N)=S. The Morgan fingerprint density at radius 3 is 2.71 bits per heavy atom. The lowest BCUT2D eigenvalue weighted by Crippen LogP contribution is -2.31. The van der Waals surface area contributed by atoms with Crippen molar-refractivity contribution in [3.63, 3.8) is 0 Å². The molecule has 0 aromatic carbocycles. The zero-order valence-electron chi connectivity index (χ0n) is 9.45. The monoisotopic (exact) mass is 234 g/mol. The first kappa shape index (κ1) is 14.2. The van der Waals surface area contributed by atoms with Crippen LogP contribution in [0.2, 0.25) is 0 Å². The van der Waals surface area contributed by atoms with E-state index in [2.05, 4.69) is 25.1 Å². The second kappa shape index (κ2) is 8.50. The lowest BCUT2D eigenvalue weighted by molar-refractivity contribution is 0.252. The van der Waals surface area contributed by atoms with Gasteiger partial charge in [-0.15, -0.1) is 0 Å². The van der Waals surface area contributed by atoms with E-state index >= 15 is 0 Å². The summed E-state index contributed by atoms with van der Waals surface area (Å²) in [6.07, 6.45) is 5.36. The number of thioether (sulfide) groups is 1. The topological polar surface area (TPSA) is 29.3 Å². The first-order valence-corrected chi connectivity index (χ1v) is 6.85. The highest BCUT2D eigenvalue weighted by Crippen LogP contribution is 2.06. The molecule has 0 aliphatic rings. The maximum absolute atomic E-state index is 5.44. The number of rotatable bonds is 8. The van der Waals surface area contributed by atoms with E-state index in [9.17, 15) is 0 Å². The summed E-state index contributed by atoms with van der Waals surface area (Å²) < 4.78 is 0. The van der Waals surface area contributed by atoms with E-state index in [0.717, 1.165) is 19.4 Å². The van der Waals surface area contributed by atoms with Crippen LogP contribution in [0.1, 0.15) is 26.2 Å². The number of nitrogens with zero attached hydrogens (tertiary/aromatic N) is 1. The summed E-state index contributed by atoms with van der Waals surface area (Å²) in [6.45, 7) is 3.36. The third-order valence-corrected chi connectivity index (χ3v) is 3.27. The first-order chi connectivity index (χ1) is 6.57. The third-order valence-electron chi connectivity index (χ3n) is 2.43. The summed E-state index contributed by atoms with van der Waals surface area (Å²) in [5.41, 5.74) is 5.44. The molecular formula is C10H22N2S2. The van der Waals surface area contributed by atoms with E-state index in [4.69, 9.17) is 18.0 Å². The quantitative estimate of drug-likeness (QED) is 0.652. The van der Waals surface area contributed by atoms with Crippen molar-refractivity contribution in [1.29, 1.82) is 0 Å². The predicted molar refractivity (Wildman–Crippen MR) is 71.1 cm³/mol. The highest BCUT2D eigenvalue weighted by atomic mass is 32.2. The smallest absolute Gasteiger partial charge is 0.0727 e. The van der Waals surface area contributed by atoms with Crippen LogP contribution in [0.3, 0.4) is 0 Å². The highest BCUT2D eigenvalue weighted by molar-refractivity contribution is 7.98. The minimum atomic E-state index is 0.634. The molecular weight excluding hydrogens is 212 g/mol. The molecule has 0 aromatic heterocycles. The van der Waals surface area contributed by atoms with Gasteiger partial charge in [0.1, 0.15) is 0 Å². The fraction of sp³-hybridized carbons (Fsp3) is 0.900. The molecule has 1 atom stereocenters. The molecule has 0 saturated carbocycles. The average Bonchev–Trinajstić information content (AvgIpc) is 2.13. The molecule has 0 heterocycles. The fourth-order valence-corrected chi connectivity index (χ4v) is 1.95. The van der Waals surface area contributed by atoms with Gasteiger partial charge < -0.3 is 10.6 Å². The predicted octanol–water partition coefficient (Wildman–Crippen LogP) is 2.13. The second-order valence-electron chi connectivity index (χ2n) is 3.68. The molecule has 2 N–H and O–H groups in total. The van der Waals surface area contributed by atoms with Gasteiger partial charge in [-0.25, -0.2) is 0 Å². The largest absolute Gasteiger partial charge is 0.393 e. The maximum atomic E-state index is 5.44. The molecule has 0 aliphatic carbocycles. The van der Waals surface area contributed by atoms with Crippen molar-refractivity contribution >= 4 is 29.0 Å². The van der Waals surface area contributed by atoms with Gasteiger partial charge in [0.25, 0.3) is 0 Å². The Morgan fingerprint density at radius 1 is 1.57 bits per heavy atom. The lowest BCUT2D eigenvalue weighted by Gasteiger charge is -2.24. The Hall–Kier alpha value is 0.200. The van der Waals surface area contributed by atoms with Crippen molar-refractivity contribution in [3.8, 4) is 0 Å². The molecule has 0 spiro atoms. The second-order valence-corrected chi connectivity index (χ2v) is 5.19. The van der Waals surface area contributed by atoms with Crippen molar-refractivity contribution in [2.45, 2.75) is 32.2 Å². The van der Waals surface area contributed by atoms with Gasteiger partial charge in [0.05, 0.1) is 4.99 Å². The van der Waals surface area contributed by atoms with Gasteiger partial charge >= 0.3 is 0 Å². The molecule has 0 radical (unpaired) electrons. The molecule has 0 rings (SSSR count). The molecule has 0 aromatic rings. The van der Waals surface area contributed by atoms with Crippen molar-refractivity contribution in [1.82, 2.24) is 4.90 Å². The van der Waals surface area contributed by atoms with Gasteiger partial charge in [0.15, 0.2) is 0 Å². The van der Waals surface area contributed by atoms with Crippen LogP contribution in [-0.2, 0) is 0 Å². The number of hydrogen-bond donors (Lipinski definition) is 1. The van der Waals surface area contributed by atoms with Crippen LogP contribution < -0.4 is 5.73 Å². The van der Waals surface area contributed by atoms with Gasteiger partial charge in [0.2, 0.25) is 0 Å². The standard InChI is InChI=1S/C10H22N2S2/c1-9(6-8-14-3)12(2)7-4-5-10(11)13/h9H,4-8H2,1-3H3,(H2,11,13). The molecule has 0 aliphatic heterocycles. The van der Waals surface area contributed by atoms with E-state index in [1.165, 1.54) is 12.2 Å². The Kier molecular flexibility index (Phi) is 8.63. The lowest BCUT2D eigenvalue weighted by atomic mass is 10.2. The van der Waals surface area contributed by atoms with Crippen LogP contribution in [0.25, 0.3) is 0 Å². The van der Waals surface area contributed by atoms with Crippen molar-refractivity contribution in [2.24, 2.45) is 5.73 Å². The number of hydrogen-bond acceptors (Lipinski definition) is 3. The summed E-state index contributed by atoms with van der Waals surface area (Å²) in [4.78, 5) is 3.02. The molecule has 4 heteroatoms. The zero-order valence-corrected chi connectivity index (χ0v) is 11.1. The molecule has 0 fully saturated rings. The summed E-state index contributed by atoms with van der Waals surface area (Å²) in [7, 11) is 2.17. The van der Waals surface area contributed by atoms with Crippen LogP contribution in [0, 0.1) is 0 Å². The van der Waals surface area contributed by atoms with Crippen LogP contribution in [0.4, 0.5) is 0 Å². The van der Waals surface area contributed by atoms with Crippen LogP contribution >= 0.6 is 24.0 Å². The molecule has 0 saturated heterocycles. The molecule has 84 valence electrons. The van der Waals surface area contributed by atoms with E-state index in [-0.39, 0.29) is 0 Å². The normalized spacial score (nSPS) is 13.1. The minimum Gasteiger partial charge on any atom is -0.393 e. The van der Waals surface area contributed by atoms with Crippen molar-refractivity contribution < 1.29 is 0 Å². The van der Waals surface area contributed by atoms with Crippen LogP contribution in [-0.4, -0.2) is 41.5 Å². The van der Waals surface area contributed by atoms with Crippen molar-refractivity contribution in [2.75, 3.05) is 25.6 Å². The molecule has 1 unspecified atom stereocenters. The number of thiocarbonyl (C=S) groups is 1. The van der Waals surface area contributed by atoms with E-state index in [1.54, 1.807) is 0 Å². The zero-order chi connectivity index (χ0) is 11.0. The summed E-state index contributed by atoms with van der Waals surface area (Å²) >= 11 is 6.75. The summed E-state index contributed by atoms with van der Waals surface area (Å²) in [5.74, 6) is 1.24. The summed E-state index contributed by atoms with van der Waals surface area (Å²) in [6, 6.07) is 0.661.